The highest BCUT2D eigenvalue weighted by Gasteiger charge is 2.19. The third kappa shape index (κ3) is 3.43. The lowest BCUT2D eigenvalue weighted by atomic mass is 9.84. The molecule has 3 nitrogen and oxygen atoms in total. The minimum atomic E-state index is 0.613. The van der Waals surface area contributed by atoms with Crippen LogP contribution in [0.25, 0.3) is 6.20 Å². The van der Waals surface area contributed by atoms with E-state index in [0.29, 0.717) is 6.04 Å². The summed E-state index contributed by atoms with van der Waals surface area (Å²) in [5.74, 6) is 0.859. The molecule has 1 aromatic rings. The van der Waals surface area contributed by atoms with Gasteiger partial charge in [0.15, 0.2) is 0 Å². The van der Waals surface area contributed by atoms with Crippen molar-refractivity contribution in [3.63, 3.8) is 0 Å². The summed E-state index contributed by atoms with van der Waals surface area (Å²) in [5, 5.41) is 7.80. The van der Waals surface area contributed by atoms with Gasteiger partial charge < -0.3 is 5.32 Å². The molecule has 1 aliphatic carbocycles. The zero-order chi connectivity index (χ0) is 12.1. The standard InChI is InChI=1S/C14H23N3/c1-3-17-11-13(10-16-17)9-15-12(2)14-7-5-4-6-8-14/h3,10-12,14-15H,1,4-9H2,2H3/t12-/m0/s1. The monoisotopic (exact) mass is 233 g/mol. The zero-order valence-electron chi connectivity index (χ0n) is 10.7. The third-order valence-electron chi connectivity index (χ3n) is 3.83. The lowest BCUT2D eigenvalue weighted by molar-refractivity contribution is 0.280. The van der Waals surface area contributed by atoms with E-state index in [2.05, 4.69) is 23.9 Å². The van der Waals surface area contributed by atoms with E-state index in [1.807, 2.05) is 12.4 Å². The van der Waals surface area contributed by atoms with Crippen molar-refractivity contribution in [1.29, 1.82) is 0 Å². The largest absolute Gasteiger partial charge is 0.310 e. The summed E-state index contributed by atoms with van der Waals surface area (Å²) in [6, 6.07) is 0.613. The maximum atomic E-state index is 4.18. The molecule has 0 aliphatic heterocycles. The number of rotatable bonds is 5. The molecule has 1 saturated carbocycles. The van der Waals surface area contributed by atoms with Crippen molar-refractivity contribution in [3.05, 3.63) is 24.5 Å². The average molecular weight is 233 g/mol. The minimum absolute atomic E-state index is 0.613. The van der Waals surface area contributed by atoms with Crippen molar-refractivity contribution in [2.24, 2.45) is 5.92 Å². The second kappa shape index (κ2) is 6.01. The van der Waals surface area contributed by atoms with Gasteiger partial charge in [0.1, 0.15) is 0 Å². The molecule has 1 aliphatic rings. The molecular weight excluding hydrogens is 210 g/mol. The SMILES string of the molecule is C=Cn1cc(CN[C@@H](C)C2CCCCC2)cn1. The fourth-order valence-electron chi connectivity index (χ4n) is 2.65. The molecule has 94 valence electrons. The molecule has 0 radical (unpaired) electrons. The van der Waals surface area contributed by atoms with Gasteiger partial charge in [-0.2, -0.15) is 5.10 Å². The fraction of sp³-hybridized carbons (Fsp3) is 0.643. The Morgan fingerprint density at radius 2 is 2.29 bits per heavy atom. The van der Waals surface area contributed by atoms with Gasteiger partial charge in [0.05, 0.1) is 6.20 Å². The fourth-order valence-corrected chi connectivity index (χ4v) is 2.65. The topological polar surface area (TPSA) is 29.9 Å². The first-order chi connectivity index (χ1) is 8.29. The molecule has 1 atom stereocenters. The van der Waals surface area contributed by atoms with E-state index < -0.39 is 0 Å². The summed E-state index contributed by atoms with van der Waals surface area (Å²) in [4.78, 5) is 0. The van der Waals surface area contributed by atoms with Crippen molar-refractivity contribution in [2.45, 2.75) is 51.6 Å². The first kappa shape index (κ1) is 12.4. The molecule has 3 heteroatoms. The Labute approximate surface area is 104 Å². The molecule has 17 heavy (non-hydrogen) atoms. The van der Waals surface area contributed by atoms with E-state index in [0.717, 1.165) is 12.5 Å². The quantitative estimate of drug-likeness (QED) is 0.847. The molecular formula is C14H23N3. The third-order valence-corrected chi connectivity index (χ3v) is 3.83. The van der Waals surface area contributed by atoms with Crippen molar-refractivity contribution < 1.29 is 0 Å². The van der Waals surface area contributed by atoms with E-state index in [9.17, 15) is 0 Å². The van der Waals surface area contributed by atoms with Crippen LogP contribution >= 0.6 is 0 Å². The highest BCUT2D eigenvalue weighted by Crippen LogP contribution is 2.26. The summed E-state index contributed by atoms with van der Waals surface area (Å²) in [6.07, 6.45) is 12.7. The second-order valence-corrected chi connectivity index (χ2v) is 5.08. The van der Waals surface area contributed by atoms with Crippen LogP contribution in [0.3, 0.4) is 0 Å². The van der Waals surface area contributed by atoms with Gasteiger partial charge in [0.25, 0.3) is 0 Å². The van der Waals surface area contributed by atoms with Crippen LogP contribution in [0.2, 0.25) is 0 Å². The predicted molar refractivity (Wildman–Crippen MR) is 71.5 cm³/mol. The summed E-state index contributed by atoms with van der Waals surface area (Å²) >= 11 is 0. The molecule has 0 amide bonds. The number of aromatic nitrogens is 2. The summed E-state index contributed by atoms with van der Waals surface area (Å²) < 4.78 is 1.75. The average Bonchev–Trinajstić information content (AvgIpc) is 2.85. The maximum absolute atomic E-state index is 4.18. The molecule has 1 aromatic heterocycles. The van der Waals surface area contributed by atoms with E-state index in [1.165, 1.54) is 37.7 Å². The van der Waals surface area contributed by atoms with Crippen molar-refractivity contribution >= 4 is 6.20 Å². The van der Waals surface area contributed by atoms with Gasteiger partial charge in [-0.3, -0.25) is 0 Å². The van der Waals surface area contributed by atoms with Crippen LogP contribution in [-0.4, -0.2) is 15.8 Å². The molecule has 0 bridgehead atoms. The smallest absolute Gasteiger partial charge is 0.0538 e. The van der Waals surface area contributed by atoms with Crippen LogP contribution in [0.4, 0.5) is 0 Å². The van der Waals surface area contributed by atoms with Crippen molar-refractivity contribution in [3.8, 4) is 0 Å². The van der Waals surface area contributed by atoms with Gasteiger partial charge in [-0.05, 0) is 25.7 Å². The Hall–Kier alpha value is -1.09. The molecule has 0 saturated heterocycles. The van der Waals surface area contributed by atoms with Gasteiger partial charge in [-0.25, -0.2) is 4.68 Å². The van der Waals surface area contributed by atoms with Gasteiger partial charge in [0.2, 0.25) is 0 Å². The first-order valence-electron chi connectivity index (χ1n) is 6.68. The van der Waals surface area contributed by atoms with Crippen molar-refractivity contribution in [1.82, 2.24) is 15.1 Å². The molecule has 0 aromatic carbocycles. The van der Waals surface area contributed by atoms with Crippen LogP contribution in [0.1, 0.15) is 44.6 Å². The number of hydrogen-bond acceptors (Lipinski definition) is 2. The van der Waals surface area contributed by atoms with Crippen LogP contribution < -0.4 is 5.32 Å². The van der Waals surface area contributed by atoms with Gasteiger partial charge in [-0.1, -0.05) is 25.8 Å². The summed E-state index contributed by atoms with van der Waals surface area (Å²) in [5.41, 5.74) is 1.23. The highest BCUT2D eigenvalue weighted by molar-refractivity contribution is 5.17. The van der Waals surface area contributed by atoms with E-state index in [-0.39, 0.29) is 0 Å². The van der Waals surface area contributed by atoms with Crippen LogP contribution in [0, 0.1) is 5.92 Å². The molecule has 2 rings (SSSR count). The highest BCUT2D eigenvalue weighted by atomic mass is 15.2. The van der Waals surface area contributed by atoms with Crippen LogP contribution in [0.5, 0.6) is 0 Å². The number of hydrogen-bond donors (Lipinski definition) is 1. The van der Waals surface area contributed by atoms with E-state index >= 15 is 0 Å². The maximum Gasteiger partial charge on any atom is 0.0538 e. The minimum Gasteiger partial charge on any atom is -0.310 e. The van der Waals surface area contributed by atoms with E-state index in [1.54, 1.807) is 10.9 Å². The first-order valence-corrected chi connectivity index (χ1v) is 6.68. The van der Waals surface area contributed by atoms with E-state index in [4.69, 9.17) is 0 Å². The lowest BCUT2D eigenvalue weighted by Crippen LogP contribution is -2.34. The Bertz CT molecular complexity index is 350. The predicted octanol–water partition coefficient (Wildman–Crippen LogP) is 3.04. The molecule has 1 N–H and O–H groups in total. The molecule has 1 fully saturated rings. The Morgan fingerprint density at radius 3 is 2.94 bits per heavy atom. The Kier molecular flexibility index (Phi) is 4.37. The molecule has 0 unspecified atom stereocenters. The van der Waals surface area contributed by atoms with Gasteiger partial charge in [-0.15, -0.1) is 0 Å². The van der Waals surface area contributed by atoms with Crippen LogP contribution in [-0.2, 0) is 6.54 Å². The lowest BCUT2D eigenvalue weighted by Gasteiger charge is -2.28. The van der Waals surface area contributed by atoms with Gasteiger partial charge >= 0.3 is 0 Å². The Balaban J connectivity index is 1.78. The number of nitrogens with one attached hydrogen (secondary N) is 1. The summed E-state index contributed by atoms with van der Waals surface area (Å²) in [6.45, 7) is 6.91. The van der Waals surface area contributed by atoms with Crippen molar-refractivity contribution in [2.75, 3.05) is 0 Å². The molecule has 1 heterocycles. The summed E-state index contributed by atoms with van der Waals surface area (Å²) in [7, 11) is 0. The van der Waals surface area contributed by atoms with Crippen LogP contribution in [0.15, 0.2) is 19.0 Å². The van der Waals surface area contributed by atoms with Gasteiger partial charge in [0, 0.05) is 30.5 Å². The Morgan fingerprint density at radius 1 is 1.53 bits per heavy atom. The number of nitrogens with zero attached hydrogens (tertiary/aromatic N) is 2. The molecule has 0 spiro atoms. The second-order valence-electron chi connectivity index (χ2n) is 5.08. The normalized spacial score (nSPS) is 19.1. The zero-order valence-corrected chi connectivity index (χ0v) is 10.7.